The van der Waals surface area contributed by atoms with Crippen LogP contribution < -0.4 is 0 Å². The van der Waals surface area contributed by atoms with E-state index in [0.717, 1.165) is 5.69 Å². The Morgan fingerprint density at radius 2 is 2.05 bits per heavy atom. The average molecular weight is 310 g/mol. The fourth-order valence-electron chi connectivity index (χ4n) is 1.80. The first kappa shape index (κ1) is 14.2. The van der Waals surface area contributed by atoms with Crippen molar-refractivity contribution in [2.24, 2.45) is 7.05 Å². The molecule has 0 atom stereocenters. The molecule has 3 heterocycles. The fraction of sp³-hybridized carbons (Fsp3) is 0.250. The zero-order valence-electron chi connectivity index (χ0n) is 11.5. The lowest BCUT2D eigenvalue weighted by Crippen LogP contribution is -2.04. The normalized spacial score (nSPS) is 11.9. The minimum atomic E-state index is -4.68. The Balaban J connectivity index is 2.01. The number of hydrogen-bond acceptors (Lipinski definition) is 6. The van der Waals surface area contributed by atoms with E-state index in [2.05, 4.69) is 30.0 Å². The highest BCUT2D eigenvalue weighted by Gasteiger charge is 2.38. The first-order valence-electron chi connectivity index (χ1n) is 6.10. The van der Waals surface area contributed by atoms with E-state index in [9.17, 15) is 13.2 Å². The number of alkyl halides is 3. The zero-order chi connectivity index (χ0) is 15.9. The second-order valence-electron chi connectivity index (χ2n) is 4.50. The summed E-state index contributed by atoms with van der Waals surface area (Å²) in [5.74, 6) is -1.56. The number of pyridine rings is 1. The van der Waals surface area contributed by atoms with Crippen LogP contribution in [0, 0.1) is 6.92 Å². The molecule has 3 aromatic heterocycles. The topological polar surface area (TPSA) is 82.5 Å². The van der Waals surface area contributed by atoms with E-state index in [4.69, 9.17) is 0 Å². The van der Waals surface area contributed by atoms with Gasteiger partial charge in [-0.25, -0.2) is 0 Å². The summed E-state index contributed by atoms with van der Waals surface area (Å²) in [5, 5.41) is 11.2. The number of halogens is 3. The maximum Gasteiger partial charge on any atom is 0.471 e. The zero-order valence-corrected chi connectivity index (χ0v) is 11.5. The predicted octanol–water partition coefficient (Wildman–Crippen LogP) is 2.25. The second-order valence-corrected chi connectivity index (χ2v) is 4.50. The van der Waals surface area contributed by atoms with Gasteiger partial charge in [-0.1, -0.05) is 10.4 Å². The van der Waals surface area contributed by atoms with Gasteiger partial charge in [-0.2, -0.15) is 18.2 Å². The molecule has 22 heavy (non-hydrogen) atoms. The van der Waals surface area contributed by atoms with E-state index in [0.29, 0.717) is 17.0 Å². The van der Waals surface area contributed by atoms with E-state index in [1.54, 1.807) is 18.7 Å². The monoisotopic (exact) mass is 310 g/mol. The fourth-order valence-corrected chi connectivity index (χ4v) is 1.80. The molecule has 0 aliphatic carbocycles. The van der Waals surface area contributed by atoms with Gasteiger partial charge in [0.15, 0.2) is 0 Å². The van der Waals surface area contributed by atoms with Crippen molar-refractivity contribution in [3.8, 4) is 22.8 Å². The number of hydrogen-bond donors (Lipinski definition) is 0. The molecule has 0 aliphatic rings. The van der Waals surface area contributed by atoms with Crippen molar-refractivity contribution in [2.45, 2.75) is 13.1 Å². The largest absolute Gasteiger partial charge is 0.471 e. The van der Waals surface area contributed by atoms with Gasteiger partial charge in [0.1, 0.15) is 5.69 Å². The molecule has 0 aliphatic heterocycles. The molecular formula is C12H9F3N6O. The minimum absolute atomic E-state index is 0.169. The third kappa shape index (κ3) is 2.43. The molecule has 3 rings (SSSR count). The van der Waals surface area contributed by atoms with Gasteiger partial charge >= 0.3 is 12.1 Å². The van der Waals surface area contributed by atoms with E-state index >= 15 is 0 Å². The predicted molar refractivity (Wildman–Crippen MR) is 67.3 cm³/mol. The Morgan fingerprint density at radius 3 is 2.64 bits per heavy atom. The molecule has 0 bridgehead atoms. The minimum Gasteiger partial charge on any atom is -0.329 e. The Kier molecular flexibility index (Phi) is 3.15. The summed E-state index contributed by atoms with van der Waals surface area (Å²) < 4.78 is 43.2. The van der Waals surface area contributed by atoms with Crippen LogP contribution in [0.2, 0.25) is 0 Å². The number of aromatic nitrogens is 6. The highest BCUT2D eigenvalue weighted by atomic mass is 19.4. The van der Waals surface area contributed by atoms with Crippen molar-refractivity contribution in [1.29, 1.82) is 0 Å². The molecule has 0 saturated heterocycles. The van der Waals surface area contributed by atoms with E-state index in [-0.39, 0.29) is 5.82 Å². The summed E-state index contributed by atoms with van der Waals surface area (Å²) in [6, 6.07) is 3.02. The van der Waals surface area contributed by atoms with Gasteiger partial charge in [-0.15, -0.1) is 5.10 Å². The van der Waals surface area contributed by atoms with Crippen LogP contribution in [-0.4, -0.2) is 30.1 Å². The number of rotatable bonds is 2. The van der Waals surface area contributed by atoms with Gasteiger partial charge in [0, 0.05) is 18.8 Å². The van der Waals surface area contributed by atoms with E-state index in [1.165, 1.54) is 18.3 Å². The summed E-state index contributed by atoms with van der Waals surface area (Å²) in [7, 11) is 1.73. The standard InChI is InChI=1S/C12H9F3N6O/c1-6-9(18-20-21(6)2)8-5-7(3-4-16-8)10-17-11(22-19-10)12(13,14)15/h3-5H,1-2H3. The molecule has 10 heteroatoms. The van der Waals surface area contributed by atoms with Crippen LogP contribution in [0.5, 0.6) is 0 Å². The molecule has 0 saturated carbocycles. The van der Waals surface area contributed by atoms with Crippen LogP contribution in [-0.2, 0) is 13.2 Å². The lowest BCUT2D eigenvalue weighted by atomic mass is 10.1. The summed E-state index contributed by atoms with van der Waals surface area (Å²) in [6.07, 6.45) is -3.25. The molecule has 0 amide bonds. The lowest BCUT2D eigenvalue weighted by Gasteiger charge is -2.00. The van der Waals surface area contributed by atoms with Gasteiger partial charge in [0.05, 0.1) is 11.4 Å². The third-order valence-corrected chi connectivity index (χ3v) is 3.04. The van der Waals surface area contributed by atoms with Crippen LogP contribution in [0.1, 0.15) is 11.6 Å². The Labute approximate surface area is 121 Å². The van der Waals surface area contributed by atoms with Crippen molar-refractivity contribution < 1.29 is 17.7 Å². The van der Waals surface area contributed by atoms with Crippen LogP contribution in [0.4, 0.5) is 13.2 Å². The summed E-state index contributed by atoms with van der Waals surface area (Å²) in [5.41, 5.74) is 2.10. The molecular weight excluding hydrogens is 301 g/mol. The lowest BCUT2D eigenvalue weighted by molar-refractivity contribution is -0.159. The highest BCUT2D eigenvalue weighted by molar-refractivity contribution is 5.65. The summed E-state index contributed by atoms with van der Waals surface area (Å²) >= 11 is 0. The van der Waals surface area contributed by atoms with Crippen LogP contribution >= 0.6 is 0 Å². The molecule has 0 fully saturated rings. The van der Waals surface area contributed by atoms with Gasteiger partial charge in [0.25, 0.3) is 0 Å². The summed E-state index contributed by atoms with van der Waals surface area (Å²) in [4.78, 5) is 7.48. The maximum atomic E-state index is 12.5. The van der Waals surface area contributed by atoms with Gasteiger partial charge < -0.3 is 4.52 Å². The molecule has 0 radical (unpaired) electrons. The molecule has 0 N–H and O–H groups in total. The molecule has 0 aromatic carbocycles. The molecule has 3 aromatic rings. The van der Waals surface area contributed by atoms with Gasteiger partial charge in [-0.3, -0.25) is 9.67 Å². The second kappa shape index (κ2) is 4.90. The molecule has 7 nitrogen and oxygen atoms in total. The first-order chi connectivity index (χ1) is 10.4. The maximum absolute atomic E-state index is 12.5. The number of aryl methyl sites for hydroxylation is 1. The van der Waals surface area contributed by atoms with Gasteiger partial charge in [0.2, 0.25) is 5.82 Å². The van der Waals surface area contributed by atoms with Gasteiger partial charge in [-0.05, 0) is 19.1 Å². The van der Waals surface area contributed by atoms with Crippen molar-refractivity contribution in [3.63, 3.8) is 0 Å². The van der Waals surface area contributed by atoms with Crippen LogP contribution in [0.15, 0.2) is 22.9 Å². The van der Waals surface area contributed by atoms with Crippen LogP contribution in [0.3, 0.4) is 0 Å². The SMILES string of the molecule is Cc1c(-c2cc(-c3noc(C(F)(F)F)n3)ccn2)nnn1C. The number of nitrogens with zero attached hydrogens (tertiary/aromatic N) is 6. The van der Waals surface area contributed by atoms with Crippen molar-refractivity contribution >= 4 is 0 Å². The molecule has 0 unspecified atom stereocenters. The smallest absolute Gasteiger partial charge is 0.329 e. The Hall–Kier alpha value is -2.78. The Morgan fingerprint density at radius 1 is 1.27 bits per heavy atom. The first-order valence-corrected chi connectivity index (χ1v) is 6.10. The molecule has 114 valence electrons. The highest BCUT2D eigenvalue weighted by Crippen LogP contribution is 2.30. The van der Waals surface area contributed by atoms with Crippen molar-refractivity contribution in [1.82, 2.24) is 30.1 Å². The van der Waals surface area contributed by atoms with Crippen molar-refractivity contribution in [2.75, 3.05) is 0 Å². The molecule has 0 spiro atoms. The Bertz CT molecular complexity index is 822. The quantitative estimate of drug-likeness (QED) is 0.722. The van der Waals surface area contributed by atoms with E-state index < -0.39 is 12.1 Å². The van der Waals surface area contributed by atoms with Crippen molar-refractivity contribution in [3.05, 3.63) is 29.9 Å². The average Bonchev–Trinajstić information content (AvgIpc) is 3.07. The third-order valence-electron chi connectivity index (χ3n) is 3.04. The summed E-state index contributed by atoms with van der Waals surface area (Å²) in [6.45, 7) is 1.81. The van der Waals surface area contributed by atoms with E-state index in [1.807, 2.05) is 0 Å². The van der Waals surface area contributed by atoms with Crippen LogP contribution in [0.25, 0.3) is 22.8 Å².